The molecule has 0 amide bonds. The molecule has 0 bridgehead atoms. The Hall–Kier alpha value is -0.890. The molecule has 0 spiro atoms. The molecule has 1 atom stereocenters. The van der Waals surface area contributed by atoms with E-state index in [0.29, 0.717) is 6.04 Å². The van der Waals surface area contributed by atoms with Crippen molar-refractivity contribution in [2.75, 3.05) is 7.05 Å². The number of rotatable bonds is 3. The van der Waals surface area contributed by atoms with E-state index in [1.54, 1.807) is 0 Å². The van der Waals surface area contributed by atoms with Gasteiger partial charge in [-0.3, -0.25) is 4.98 Å². The van der Waals surface area contributed by atoms with Crippen LogP contribution in [0.25, 0.3) is 0 Å². The Labute approximate surface area is 67.7 Å². The van der Waals surface area contributed by atoms with E-state index < -0.39 is 0 Å². The summed E-state index contributed by atoms with van der Waals surface area (Å²) >= 11 is 0. The van der Waals surface area contributed by atoms with Gasteiger partial charge in [-0.05, 0) is 38.1 Å². The minimum absolute atomic E-state index is 0.539. The molecular weight excluding hydrogens is 136 g/mol. The van der Waals surface area contributed by atoms with Crippen LogP contribution in [0.2, 0.25) is 0 Å². The average molecular weight is 150 g/mol. The number of nitrogens with one attached hydrogen (secondary N) is 1. The van der Waals surface area contributed by atoms with Crippen molar-refractivity contribution < 1.29 is 0 Å². The molecule has 1 unspecified atom stereocenters. The summed E-state index contributed by atoms with van der Waals surface area (Å²) in [6.45, 7) is 2.17. The molecule has 1 N–H and O–H groups in total. The maximum absolute atomic E-state index is 3.96. The number of nitrogens with zero attached hydrogens (tertiary/aromatic N) is 1. The summed E-state index contributed by atoms with van der Waals surface area (Å²) in [6, 6.07) is 4.64. The Kier molecular flexibility index (Phi) is 3.05. The lowest BCUT2D eigenvalue weighted by atomic mass is 10.1. The summed E-state index contributed by atoms with van der Waals surface area (Å²) in [5, 5.41) is 3.19. The highest BCUT2D eigenvalue weighted by Gasteiger charge is 1.98. The molecule has 0 aliphatic carbocycles. The third-order valence-corrected chi connectivity index (χ3v) is 1.78. The van der Waals surface area contributed by atoms with E-state index in [4.69, 9.17) is 0 Å². The van der Waals surface area contributed by atoms with Crippen LogP contribution in [0.5, 0.6) is 0 Å². The van der Waals surface area contributed by atoms with Crippen molar-refractivity contribution in [3.63, 3.8) is 0 Å². The predicted octanol–water partition coefficient (Wildman–Crippen LogP) is 1.23. The largest absolute Gasteiger partial charge is 0.317 e. The summed E-state index contributed by atoms with van der Waals surface area (Å²) in [7, 11) is 1.98. The van der Waals surface area contributed by atoms with Crippen LogP contribution in [0, 0.1) is 0 Å². The summed E-state index contributed by atoms with van der Waals surface area (Å²) in [5.74, 6) is 0. The number of pyridine rings is 1. The van der Waals surface area contributed by atoms with Gasteiger partial charge in [0.05, 0.1) is 0 Å². The van der Waals surface area contributed by atoms with Crippen LogP contribution in [0.1, 0.15) is 12.5 Å². The molecule has 60 valence electrons. The molecule has 0 aliphatic heterocycles. The van der Waals surface area contributed by atoms with Crippen molar-refractivity contribution in [2.24, 2.45) is 0 Å². The molecule has 0 radical (unpaired) electrons. The van der Waals surface area contributed by atoms with E-state index in [9.17, 15) is 0 Å². The van der Waals surface area contributed by atoms with Crippen LogP contribution in [-0.2, 0) is 6.42 Å². The first kappa shape index (κ1) is 8.21. The third kappa shape index (κ3) is 2.68. The highest BCUT2D eigenvalue weighted by molar-refractivity contribution is 5.10. The van der Waals surface area contributed by atoms with Gasteiger partial charge in [-0.1, -0.05) is 0 Å². The molecule has 11 heavy (non-hydrogen) atoms. The van der Waals surface area contributed by atoms with Crippen molar-refractivity contribution in [1.82, 2.24) is 10.3 Å². The molecule has 2 nitrogen and oxygen atoms in total. The van der Waals surface area contributed by atoms with E-state index in [2.05, 4.69) is 17.2 Å². The van der Waals surface area contributed by atoms with E-state index in [-0.39, 0.29) is 0 Å². The molecule has 1 aromatic rings. The second-order valence-corrected chi connectivity index (χ2v) is 2.75. The highest BCUT2D eigenvalue weighted by Crippen LogP contribution is 1.99. The molecule has 1 rings (SSSR count). The fourth-order valence-electron chi connectivity index (χ4n) is 0.974. The number of aromatic nitrogens is 1. The van der Waals surface area contributed by atoms with Gasteiger partial charge in [-0.25, -0.2) is 0 Å². The van der Waals surface area contributed by atoms with Crippen molar-refractivity contribution in [3.05, 3.63) is 30.1 Å². The summed E-state index contributed by atoms with van der Waals surface area (Å²) < 4.78 is 0. The Balaban J connectivity index is 2.51. The minimum Gasteiger partial charge on any atom is -0.317 e. The lowest BCUT2D eigenvalue weighted by Crippen LogP contribution is -2.23. The first-order chi connectivity index (χ1) is 5.33. The van der Waals surface area contributed by atoms with Gasteiger partial charge in [0.1, 0.15) is 0 Å². The van der Waals surface area contributed by atoms with Crippen molar-refractivity contribution >= 4 is 0 Å². The minimum atomic E-state index is 0.539. The zero-order valence-electron chi connectivity index (χ0n) is 7.04. The lowest BCUT2D eigenvalue weighted by Gasteiger charge is -2.08. The summed E-state index contributed by atoms with van der Waals surface area (Å²) in [4.78, 5) is 3.96. The van der Waals surface area contributed by atoms with Crippen LogP contribution in [-0.4, -0.2) is 18.1 Å². The van der Waals surface area contributed by atoms with E-state index in [1.807, 2.05) is 31.6 Å². The number of hydrogen-bond acceptors (Lipinski definition) is 2. The van der Waals surface area contributed by atoms with E-state index in [0.717, 1.165) is 6.42 Å². The Morgan fingerprint density at radius 2 is 2.09 bits per heavy atom. The quantitative estimate of drug-likeness (QED) is 0.701. The monoisotopic (exact) mass is 150 g/mol. The van der Waals surface area contributed by atoms with Gasteiger partial charge >= 0.3 is 0 Å². The average Bonchev–Trinajstić information content (AvgIpc) is 2.06. The first-order valence-electron chi connectivity index (χ1n) is 3.89. The van der Waals surface area contributed by atoms with E-state index in [1.165, 1.54) is 5.56 Å². The Morgan fingerprint density at radius 1 is 1.45 bits per heavy atom. The van der Waals surface area contributed by atoms with E-state index >= 15 is 0 Å². The zero-order chi connectivity index (χ0) is 8.10. The molecule has 0 aliphatic rings. The normalized spacial score (nSPS) is 12.9. The molecule has 0 saturated heterocycles. The molecular formula is C9H14N2. The van der Waals surface area contributed by atoms with Crippen LogP contribution in [0.3, 0.4) is 0 Å². The third-order valence-electron chi connectivity index (χ3n) is 1.78. The first-order valence-corrected chi connectivity index (χ1v) is 3.89. The van der Waals surface area contributed by atoms with Gasteiger partial charge in [-0.15, -0.1) is 0 Å². The molecule has 1 aromatic heterocycles. The highest BCUT2D eigenvalue weighted by atomic mass is 14.8. The topological polar surface area (TPSA) is 24.9 Å². The maximum Gasteiger partial charge on any atom is 0.0270 e. The predicted molar refractivity (Wildman–Crippen MR) is 46.5 cm³/mol. The maximum atomic E-state index is 3.96. The van der Waals surface area contributed by atoms with Crippen molar-refractivity contribution in [2.45, 2.75) is 19.4 Å². The fourth-order valence-corrected chi connectivity index (χ4v) is 0.974. The van der Waals surface area contributed by atoms with Crippen molar-refractivity contribution in [1.29, 1.82) is 0 Å². The van der Waals surface area contributed by atoms with Crippen molar-refractivity contribution in [3.8, 4) is 0 Å². The Bertz CT molecular complexity index is 196. The van der Waals surface area contributed by atoms with Crippen LogP contribution >= 0.6 is 0 Å². The van der Waals surface area contributed by atoms with Gasteiger partial charge in [0.15, 0.2) is 0 Å². The Morgan fingerprint density at radius 3 is 2.64 bits per heavy atom. The van der Waals surface area contributed by atoms with Gasteiger partial charge in [-0.2, -0.15) is 0 Å². The van der Waals surface area contributed by atoms with Crippen LogP contribution < -0.4 is 5.32 Å². The van der Waals surface area contributed by atoms with Gasteiger partial charge < -0.3 is 5.32 Å². The molecule has 0 saturated carbocycles. The zero-order valence-corrected chi connectivity index (χ0v) is 7.04. The SMILES string of the molecule is CNC(C)Cc1ccncc1. The van der Waals surface area contributed by atoms with Crippen LogP contribution in [0.4, 0.5) is 0 Å². The smallest absolute Gasteiger partial charge is 0.0270 e. The lowest BCUT2D eigenvalue weighted by molar-refractivity contribution is 0.608. The molecule has 0 fully saturated rings. The summed E-state index contributed by atoms with van der Waals surface area (Å²) in [6.07, 6.45) is 4.73. The van der Waals surface area contributed by atoms with Gasteiger partial charge in [0.2, 0.25) is 0 Å². The van der Waals surface area contributed by atoms with Crippen LogP contribution in [0.15, 0.2) is 24.5 Å². The van der Waals surface area contributed by atoms with Gasteiger partial charge in [0.25, 0.3) is 0 Å². The fraction of sp³-hybridized carbons (Fsp3) is 0.444. The second-order valence-electron chi connectivity index (χ2n) is 2.75. The number of likely N-dealkylation sites (N-methyl/N-ethyl adjacent to an activating group) is 1. The number of hydrogen-bond donors (Lipinski definition) is 1. The second kappa shape index (κ2) is 4.09. The summed E-state index contributed by atoms with van der Waals surface area (Å²) in [5.41, 5.74) is 1.34. The molecule has 0 aromatic carbocycles. The van der Waals surface area contributed by atoms with Gasteiger partial charge in [0, 0.05) is 18.4 Å². The molecule has 2 heteroatoms. The molecule has 1 heterocycles. The standard InChI is InChI=1S/C9H14N2/c1-8(10-2)7-9-3-5-11-6-4-9/h3-6,8,10H,7H2,1-2H3.